The number of rotatable bonds is 9. The largest absolute Gasteiger partial charge is 0.481 e. The van der Waals surface area contributed by atoms with E-state index in [4.69, 9.17) is 5.11 Å². The molecule has 0 aromatic carbocycles. The Morgan fingerprint density at radius 2 is 1.72 bits per heavy atom. The average Bonchev–Trinajstić information content (AvgIpc) is 2.35. The molecule has 0 spiro atoms. The molecule has 106 valence electrons. The second-order valence-electron chi connectivity index (χ2n) is 4.89. The van der Waals surface area contributed by atoms with E-state index in [2.05, 4.69) is 6.92 Å². The maximum Gasteiger partial charge on any atom is 0.308 e. The summed E-state index contributed by atoms with van der Waals surface area (Å²) in [4.78, 5) is 24.9. The highest BCUT2D eigenvalue weighted by molar-refractivity contribution is 5.79. The second-order valence-corrected chi connectivity index (χ2v) is 4.89. The Morgan fingerprint density at radius 1 is 1.17 bits per heavy atom. The Bertz CT molecular complexity index is 262. The highest BCUT2D eigenvalue weighted by Gasteiger charge is 2.24. The number of amides is 1. The van der Waals surface area contributed by atoms with Gasteiger partial charge >= 0.3 is 5.97 Å². The van der Waals surface area contributed by atoms with Gasteiger partial charge in [0.2, 0.25) is 5.91 Å². The lowest BCUT2D eigenvalue weighted by Gasteiger charge is -2.28. The van der Waals surface area contributed by atoms with Gasteiger partial charge in [0.05, 0.1) is 5.92 Å². The monoisotopic (exact) mass is 257 g/mol. The number of nitrogens with zero attached hydrogens (tertiary/aromatic N) is 1. The molecule has 4 heteroatoms. The van der Waals surface area contributed by atoms with Crippen LogP contribution in [0.4, 0.5) is 0 Å². The number of carboxylic acids is 1. The van der Waals surface area contributed by atoms with Gasteiger partial charge in [-0.25, -0.2) is 0 Å². The zero-order valence-electron chi connectivity index (χ0n) is 12.1. The van der Waals surface area contributed by atoms with E-state index in [9.17, 15) is 9.59 Å². The molecule has 1 unspecified atom stereocenters. The highest BCUT2D eigenvalue weighted by Crippen LogP contribution is 2.14. The van der Waals surface area contributed by atoms with Gasteiger partial charge in [-0.3, -0.25) is 9.59 Å². The summed E-state index contributed by atoms with van der Waals surface area (Å²) in [6.45, 7) is 8.73. The smallest absolute Gasteiger partial charge is 0.308 e. The van der Waals surface area contributed by atoms with Crippen molar-refractivity contribution in [2.75, 3.05) is 13.1 Å². The molecule has 0 aliphatic rings. The van der Waals surface area contributed by atoms with Crippen LogP contribution in [0.25, 0.3) is 0 Å². The molecule has 0 aromatic rings. The molecule has 0 saturated heterocycles. The minimum atomic E-state index is -0.839. The van der Waals surface area contributed by atoms with Crippen molar-refractivity contribution in [2.24, 2.45) is 11.8 Å². The average molecular weight is 257 g/mol. The van der Waals surface area contributed by atoms with Crippen molar-refractivity contribution < 1.29 is 14.7 Å². The van der Waals surface area contributed by atoms with Gasteiger partial charge in [0.1, 0.15) is 0 Å². The molecule has 0 fully saturated rings. The van der Waals surface area contributed by atoms with Crippen LogP contribution in [0.2, 0.25) is 0 Å². The SMILES string of the molecule is CCCCN(CC(C)C(=O)O)C(=O)C(CC)CC. The summed E-state index contributed by atoms with van der Waals surface area (Å²) in [6, 6.07) is 0. The zero-order valence-corrected chi connectivity index (χ0v) is 12.1. The lowest BCUT2D eigenvalue weighted by molar-refractivity contribution is -0.144. The van der Waals surface area contributed by atoms with Gasteiger partial charge in [-0.2, -0.15) is 0 Å². The standard InChI is InChI=1S/C14H27NO3/c1-5-8-9-15(10-11(4)14(17)18)13(16)12(6-2)7-3/h11-12H,5-10H2,1-4H3,(H,17,18). The molecule has 1 N–H and O–H groups in total. The summed E-state index contributed by atoms with van der Waals surface area (Å²) in [7, 11) is 0. The lowest BCUT2D eigenvalue weighted by atomic mass is 10.0. The predicted molar refractivity (Wildman–Crippen MR) is 72.4 cm³/mol. The quantitative estimate of drug-likeness (QED) is 0.691. The van der Waals surface area contributed by atoms with Crippen LogP contribution in [0, 0.1) is 11.8 Å². The Labute approximate surface area is 110 Å². The Kier molecular flexibility index (Phi) is 8.42. The molecule has 0 aliphatic carbocycles. The summed E-state index contributed by atoms with van der Waals surface area (Å²) >= 11 is 0. The fourth-order valence-electron chi connectivity index (χ4n) is 1.95. The first-order valence-corrected chi connectivity index (χ1v) is 6.99. The van der Waals surface area contributed by atoms with E-state index in [-0.39, 0.29) is 11.8 Å². The van der Waals surface area contributed by atoms with Gasteiger partial charge in [0.15, 0.2) is 0 Å². The molecule has 4 nitrogen and oxygen atoms in total. The maximum absolute atomic E-state index is 12.3. The topological polar surface area (TPSA) is 57.6 Å². The minimum absolute atomic E-state index is 0.0304. The zero-order chi connectivity index (χ0) is 14.1. The number of carbonyl (C=O) groups is 2. The van der Waals surface area contributed by atoms with E-state index in [1.165, 1.54) is 0 Å². The third-order valence-electron chi connectivity index (χ3n) is 3.34. The lowest BCUT2D eigenvalue weighted by Crippen LogP contribution is -2.40. The van der Waals surface area contributed by atoms with Gasteiger partial charge < -0.3 is 10.0 Å². The van der Waals surface area contributed by atoms with Crippen LogP contribution in [-0.2, 0) is 9.59 Å². The van der Waals surface area contributed by atoms with Crippen molar-refractivity contribution in [1.29, 1.82) is 0 Å². The molecule has 1 atom stereocenters. The van der Waals surface area contributed by atoms with Crippen LogP contribution in [0.15, 0.2) is 0 Å². The second kappa shape index (κ2) is 8.95. The molecular weight excluding hydrogens is 230 g/mol. The Hall–Kier alpha value is -1.06. The van der Waals surface area contributed by atoms with Crippen LogP contribution < -0.4 is 0 Å². The fourth-order valence-corrected chi connectivity index (χ4v) is 1.95. The molecule has 18 heavy (non-hydrogen) atoms. The normalized spacial score (nSPS) is 12.5. The number of aliphatic carboxylic acids is 1. The summed E-state index contributed by atoms with van der Waals surface area (Å²) < 4.78 is 0. The Morgan fingerprint density at radius 3 is 2.11 bits per heavy atom. The molecule has 0 radical (unpaired) electrons. The highest BCUT2D eigenvalue weighted by atomic mass is 16.4. The minimum Gasteiger partial charge on any atom is -0.481 e. The van der Waals surface area contributed by atoms with Gasteiger partial charge in [0, 0.05) is 19.0 Å². The van der Waals surface area contributed by atoms with E-state index >= 15 is 0 Å². The number of carboxylic acid groups (broad SMARTS) is 1. The first-order valence-electron chi connectivity index (χ1n) is 6.99. The molecule has 0 aromatic heterocycles. The van der Waals surface area contributed by atoms with Crippen LogP contribution >= 0.6 is 0 Å². The number of unbranched alkanes of at least 4 members (excludes halogenated alkanes) is 1. The van der Waals surface area contributed by atoms with Crippen molar-refractivity contribution in [3.8, 4) is 0 Å². The first kappa shape index (κ1) is 16.9. The summed E-state index contributed by atoms with van der Waals surface area (Å²) in [5.41, 5.74) is 0. The molecular formula is C14H27NO3. The molecule has 0 saturated carbocycles. The van der Waals surface area contributed by atoms with E-state index in [0.717, 1.165) is 25.7 Å². The summed E-state index contributed by atoms with van der Waals surface area (Å²) in [6.07, 6.45) is 3.57. The van der Waals surface area contributed by atoms with Crippen molar-refractivity contribution in [3.63, 3.8) is 0 Å². The fraction of sp³-hybridized carbons (Fsp3) is 0.857. The van der Waals surface area contributed by atoms with Crippen LogP contribution in [-0.4, -0.2) is 35.0 Å². The third-order valence-corrected chi connectivity index (χ3v) is 3.34. The number of hydrogen-bond donors (Lipinski definition) is 1. The number of carbonyl (C=O) groups excluding carboxylic acids is 1. The number of hydrogen-bond acceptors (Lipinski definition) is 2. The van der Waals surface area contributed by atoms with E-state index in [1.54, 1.807) is 11.8 Å². The van der Waals surface area contributed by atoms with Gasteiger partial charge in [-0.05, 0) is 19.3 Å². The van der Waals surface area contributed by atoms with Gasteiger partial charge in [0.25, 0.3) is 0 Å². The maximum atomic E-state index is 12.3. The summed E-state index contributed by atoms with van der Waals surface area (Å²) in [5, 5.41) is 8.95. The van der Waals surface area contributed by atoms with Crippen molar-refractivity contribution in [1.82, 2.24) is 4.90 Å². The van der Waals surface area contributed by atoms with Crippen molar-refractivity contribution in [2.45, 2.75) is 53.4 Å². The molecule has 0 heterocycles. The predicted octanol–water partition coefficient (Wildman–Crippen LogP) is 2.77. The molecule has 1 amide bonds. The Balaban J connectivity index is 4.64. The molecule has 0 rings (SSSR count). The van der Waals surface area contributed by atoms with Gasteiger partial charge in [-0.15, -0.1) is 0 Å². The van der Waals surface area contributed by atoms with Crippen molar-refractivity contribution in [3.05, 3.63) is 0 Å². The van der Waals surface area contributed by atoms with Gasteiger partial charge in [-0.1, -0.05) is 34.1 Å². The summed E-state index contributed by atoms with van der Waals surface area (Å²) in [5.74, 6) is -1.20. The first-order chi connectivity index (χ1) is 8.47. The van der Waals surface area contributed by atoms with Crippen molar-refractivity contribution >= 4 is 11.9 Å². The van der Waals surface area contributed by atoms with E-state index in [1.807, 2.05) is 13.8 Å². The van der Waals surface area contributed by atoms with E-state index < -0.39 is 11.9 Å². The molecule has 0 bridgehead atoms. The van der Waals surface area contributed by atoms with E-state index in [0.29, 0.717) is 13.1 Å². The van der Waals surface area contributed by atoms with Crippen LogP contribution in [0.3, 0.4) is 0 Å². The molecule has 0 aliphatic heterocycles. The van der Waals surface area contributed by atoms with Crippen LogP contribution in [0.1, 0.15) is 53.4 Å². The van der Waals surface area contributed by atoms with Crippen LogP contribution in [0.5, 0.6) is 0 Å². The third kappa shape index (κ3) is 5.52.